The molecule has 5 nitrogen and oxygen atoms in total. The van der Waals surface area contributed by atoms with Crippen LogP contribution in [0.15, 0.2) is 42.5 Å². The third kappa shape index (κ3) is 2.10. The van der Waals surface area contributed by atoms with Crippen LogP contribution in [0.5, 0.6) is 11.5 Å². The Bertz CT molecular complexity index is 578. The second kappa shape index (κ2) is 4.75. The van der Waals surface area contributed by atoms with Crippen molar-refractivity contribution in [3.8, 4) is 22.6 Å². The summed E-state index contributed by atoms with van der Waals surface area (Å²) in [6, 6.07) is 11.4. The van der Waals surface area contributed by atoms with Crippen LogP contribution < -0.4 is 4.74 Å². The van der Waals surface area contributed by atoms with Crippen molar-refractivity contribution in [1.29, 1.82) is 0 Å². The SMILES string of the molecule is COc1ccc(-c2cccc([N+](=O)[O-])c2O)cc1. The van der Waals surface area contributed by atoms with Crippen LogP contribution in [0.1, 0.15) is 0 Å². The molecule has 1 N–H and O–H groups in total. The van der Waals surface area contributed by atoms with Crippen molar-refractivity contribution in [2.75, 3.05) is 7.11 Å². The standard InChI is InChI=1S/C13H11NO4/c1-18-10-7-5-9(6-8-10)11-3-2-4-12(13(11)15)14(16)17/h2-8,15H,1H3. The highest BCUT2D eigenvalue weighted by Gasteiger charge is 2.17. The van der Waals surface area contributed by atoms with Gasteiger partial charge in [-0.15, -0.1) is 0 Å². The maximum absolute atomic E-state index is 10.7. The first-order valence-electron chi connectivity index (χ1n) is 5.24. The van der Waals surface area contributed by atoms with Crippen molar-refractivity contribution >= 4 is 5.69 Å². The van der Waals surface area contributed by atoms with Gasteiger partial charge in [-0.1, -0.05) is 24.3 Å². The van der Waals surface area contributed by atoms with E-state index in [1.807, 2.05) is 0 Å². The van der Waals surface area contributed by atoms with E-state index in [9.17, 15) is 15.2 Å². The van der Waals surface area contributed by atoms with Crippen molar-refractivity contribution in [3.05, 3.63) is 52.6 Å². The molecule has 2 aromatic carbocycles. The van der Waals surface area contributed by atoms with Gasteiger partial charge in [0.25, 0.3) is 0 Å². The Morgan fingerprint density at radius 2 is 1.83 bits per heavy atom. The fourth-order valence-corrected chi connectivity index (χ4v) is 1.68. The lowest BCUT2D eigenvalue weighted by atomic mass is 10.0. The minimum absolute atomic E-state index is 0.302. The van der Waals surface area contributed by atoms with Gasteiger partial charge in [0, 0.05) is 11.6 Å². The van der Waals surface area contributed by atoms with E-state index in [0.29, 0.717) is 16.9 Å². The van der Waals surface area contributed by atoms with Gasteiger partial charge in [0.05, 0.1) is 12.0 Å². The summed E-state index contributed by atoms with van der Waals surface area (Å²) >= 11 is 0. The van der Waals surface area contributed by atoms with Crippen molar-refractivity contribution in [3.63, 3.8) is 0 Å². The van der Waals surface area contributed by atoms with E-state index in [-0.39, 0.29) is 11.4 Å². The molecule has 0 aliphatic rings. The van der Waals surface area contributed by atoms with Crippen LogP contribution in [-0.2, 0) is 0 Å². The second-order valence-corrected chi connectivity index (χ2v) is 3.66. The lowest BCUT2D eigenvalue weighted by Gasteiger charge is -2.06. The third-order valence-corrected chi connectivity index (χ3v) is 2.61. The average Bonchev–Trinajstić information content (AvgIpc) is 2.39. The van der Waals surface area contributed by atoms with Gasteiger partial charge in [-0.05, 0) is 17.7 Å². The molecule has 0 bridgehead atoms. The Morgan fingerprint density at radius 1 is 1.17 bits per heavy atom. The molecule has 0 radical (unpaired) electrons. The Morgan fingerprint density at radius 3 is 2.39 bits per heavy atom. The van der Waals surface area contributed by atoms with E-state index in [1.54, 1.807) is 37.4 Å². The normalized spacial score (nSPS) is 10.1. The molecule has 0 aromatic heterocycles. The summed E-state index contributed by atoms with van der Waals surface area (Å²) in [5.41, 5.74) is 0.812. The minimum Gasteiger partial charge on any atom is -0.502 e. The molecule has 0 amide bonds. The number of ether oxygens (including phenoxy) is 1. The first kappa shape index (κ1) is 11.9. The zero-order valence-electron chi connectivity index (χ0n) is 9.66. The van der Waals surface area contributed by atoms with Crippen LogP contribution in [0.3, 0.4) is 0 Å². The maximum atomic E-state index is 10.7. The van der Waals surface area contributed by atoms with Crippen LogP contribution in [0, 0.1) is 10.1 Å². The van der Waals surface area contributed by atoms with Crippen LogP contribution in [0.4, 0.5) is 5.69 Å². The van der Waals surface area contributed by atoms with Gasteiger partial charge < -0.3 is 9.84 Å². The largest absolute Gasteiger partial charge is 0.502 e. The molecule has 0 saturated carbocycles. The van der Waals surface area contributed by atoms with Crippen molar-refractivity contribution in [2.45, 2.75) is 0 Å². The first-order valence-corrected chi connectivity index (χ1v) is 5.24. The van der Waals surface area contributed by atoms with Crippen molar-refractivity contribution < 1.29 is 14.8 Å². The van der Waals surface area contributed by atoms with E-state index in [1.165, 1.54) is 12.1 Å². The minimum atomic E-state index is -0.609. The monoisotopic (exact) mass is 245 g/mol. The fourth-order valence-electron chi connectivity index (χ4n) is 1.68. The molecule has 5 heteroatoms. The third-order valence-electron chi connectivity index (χ3n) is 2.61. The lowest BCUT2D eigenvalue weighted by Crippen LogP contribution is -1.90. The molecule has 0 heterocycles. The average molecular weight is 245 g/mol. The van der Waals surface area contributed by atoms with Gasteiger partial charge in [0.15, 0.2) is 0 Å². The Kier molecular flexibility index (Phi) is 3.14. The van der Waals surface area contributed by atoms with Crippen LogP contribution in [0.25, 0.3) is 11.1 Å². The summed E-state index contributed by atoms with van der Waals surface area (Å²) in [6.45, 7) is 0. The van der Waals surface area contributed by atoms with Crippen molar-refractivity contribution in [2.24, 2.45) is 0 Å². The number of benzene rings is 2. The first-order chi connectivity index (χ1) is 8.63. The highest BCUT2D eigenvalue weighted by Crippen LogP contribution is 2.36. The number of rotatable bonds is 3. The van der Waals surface area contributed by atoms with E-state index < -0.39 is 4.92 Å². The Hall–Kier alpha value is -2.56. The molecule has 18 heavy (non-hydrogen) atoms. The topological polar surface area (TPSA) is 72.6 Å². The van der Waals surface area contributed by atoms with Crippen LogP contribution >= 0.6 is 0 Å². The molecule has 2 rings (SSSR count). The predicted molar refractivity (Wildman–Crippen MR) is 66.7 cm³/mol. The number of hydrogen-bond donors (Lipinski definition) is 1. The number of nitro benzene ring substituents is 1. The highest BCUT2D eigenvalue weighted by atomic mass is 16.6. The maximum Gasteiger partial charge on any atom is 0.311 e. The summed E-state index contributed by atoms with van der Waals surface area (Å²) in [6.07, 6.45) is 0. The van der Waals surface area contributed by atoms with E-state index in [2.05, 4.69) is 0 Å². The zero-order valence-corrected chi connectivity index (χ0v) is 9.66. The molecule has 0 unspecified atom stereocenters. The molecule has 0 spiro atoms. The van der Waals surface area contributed by atoms with Gasteiger partial charge in [0.1, 0.15) is 5.75 Å². The summed E-state index contributed by atoms with van der Waals surface area (Å²) in [5, 5.41) is 20.6. The van der Waals surface area contributed by atoms with E-state index >= 15 is 0 Å². The molecule has 0 saturated heterocycles. The summed E-state index contributed by atoms with van der Waals surface area (Å²) in [4.78, 5) is 10.1. The van der Waals surface area contributed by atoms with Crippen LogP contribution in [0.2, 0.25) is 0 Å². The molecule has 0 fully saturated rings. The Labute approximate surface area is 103 Å². The summed E-state index contributed by atoms with van der Waals surface area (Å²) < 4.78 is 5.03. The molecule has 2 aromatic rings. The van der Waals surface area contributed by atoms with E-state index in [0.717, 1.165) is 0 Å². The summed E-state index contributed by atoms with van der Waals surface area (Å²) in [7, 11) is 1.56. The number of phenolic OH excluding ortho intramolecular Hbond substituents is 1. The highest BCUT2D eigenvalue weighted by molar-refractivity contribution is 5.75. The number of hydrogen-bond acceptors (Lipinski definition) is 4. The Balaban J connectivity index is 2.50. The number of nitro groups is 1. The summed E-state index contributed by atoms with van der Waals surface area (Å²) in [5.74, 6) is 0.358. The van der Waals surface area contributed by atoms with E-state index in [4.69, 9.17) is 4.74 Å². The quantitative estimate of drug-likeness (QED) is 0.666. The number of methoxy groups -OCH3 is 1. The number of nitrogens with zero attached hydrogens (tertiary/aromatic N) is 1. The molecular weight excluding hydrogens is 234 g/mol. The molecule has 92 valence electrons. The lowest BCUT2D eigenvalue weighted by molar-refractivity contribution is -0.385. The second-order valence-electron chi connectivity index (χ2n) is 3.66. The molecule has 0 aliphatic carbocycles. The van der Waals surface area contributed by atoms with Gasteiger partial charge >= 0.3 is 5.69 Å². The molecule has 0 atom stereocenters. The fraction of sp³-hybridized carbons (Fsp3) is 0.0769. The molecule has 0 aliphatic heterocycles. The van der Waals surface area contributed by atoms with Gasteiger partial charge in [-0.25, -0.2) is 0 Å². The number of para-hydroxylation sites is 1. The molecular formula is C13H11NO4. The van der Waals surface area contributed by atoms with Crippen LogP contribution in [-0.4, -0.2) is 17.1 Å². The predicted octanol–water partition coefficient (Wildman–Crippen LogP) is 2.98. The smallest absolute Gasteiger partial charge is 0.311 e. The zero-order chi connectivity index (χ0) is 13.1. The number of phenols is 1. The number of aromatic hydroxyl groups is 1. The van der Waals surface area contributed by atoms with Crippen molar-refractivity contribution in [1.82, 2.24) is 0 Å². The van der Waals surface area contributed by atoms with Gasteiger partial charge in [-0.3, -0.25) is 10.1 Å². The van der Waals surface area contributed by atoms with Gasteiger partial charge in [-0.2, -0.15) is 0 Å². The van der Waals surface area contributed by atoms with Gasteiger partial charge in [0.2, 0.25) is 5.75 Å².